The number of nitrogens with zero attached hydrogens (tertiary/aromatic N) is 2. The Balaban J connectivity index is 2.19. The van der Waals surface area contributed by atoms with E-state index in [9.17, 15) is 14.1 Å². The molecule has 2 aromatic rings. The van der Waals surface area contributed by atoms with E-state index in [0.717, 1.165) is 17.1 Å². The molecule has 0 saturated heterocycles. The van der Waals surface area contributed by atoms with E-state index in [-0.39, 0.29) is 0 Å². The van der Waals surface area contributed by atoms with Crippen molar-refractivity contribution in [2.75, 3.05) is 5.75 Å². The topological polar surface area (TPSA) is 64.2 Å². The number of rotatable bonds is 7. The molecule has 2 atom stereocenters. The van der Waals surface area contributed by atoms with Crippen molar-refractivity contribution >= 4 is 16.8 Å². The molecule has 2 unspecified atom stereocenters. The first-order valence-corrected chi connectivity index (χ1v) is 9.12. The molecule has 24 heavy (non-hydrogen) atoms. The third-order valence-corrected chi connectivity index (χ3v) is 5.64. The van der Waals surface area contributed by atoms with Crippen LogP contribution in [0.1, 0.15) is 18.0 Å². The fourth-order valence-electron chi connectivity index (χ4n) is 3.29. The highest BCUT2D eigenvalue weighted by atomic mass is 32.2. The average Bonchev–Trinajstić information content (AvgIpc) is 3.21. The Bertz CT molecular complexity index is 831. The molecule has 0 saturated carbocycles. The summed E-state index contributed by atoms with van der Waals surface area (Å²) in [6.07, 6.45) is 5.94. The fourth-order valence-corrected chi connectivity index (χ4v) is 4.37. The molecule has 126 valence electrons. The van der Waals surface area contributed by atoms with Gasteiger partial charge in [-0.25, -0.2) is 0 Å². The van der Waals surface area contributed by atoms with Crippen molar-refractivity contribution in [2.45, 2.75) is 30.3 Å². The van der Waals surface area contributed by atoms with Gasteiger partial charge in [-0.05, 0) is 24.6 Å². The van der Waals surface area contributed by atoms with E-state index in [0.29, 0.717) is 30.2 Å². The number of hydrogen-bond donors (Lipinski definition) is 1. The highest BCUT2D eigenvalue weighted by Crippen LogP contribution is 2.39. The molecule has 2 aromatic heterocycles. The molecule has 0 amide bonds. The second kappa shape index (κ2) is 6.65. The zero-order chi connectivity index (χ0) is 17.3. The highest BCUT2D eigenvalue weighted by molar-refractivity contribution is 7.85. The standard InChI is InChI=1S/C18H20N2O3S/c1-3-8-19-9-5-6-14(19)17-16(24(23)11-4-2)12-15-13(18(21)22)7-10-20(15)17/h3-6,9,12-13H,1-2,7-8,10-11H2,(H,21,22). The molecule has 0 bridgehead atoms. The molecular weight excluding hydrogens is 324 g/mol. The molecule has 6 heteroatoms. The minimum atomic E-state index is -1.25. The number of allylic oxidation sites excluding steroid dienone is 1. The third kappa shape index (κ3) is 2.67. The normalized spacial score (nSPS) is 17.4. The lowest BCUT2D eigenvalue weighted by Gasteiger charge is -2.12. The molecule has 1 N–H and O–H groups in total. The second-order valence-electron chi connectivity index (χ2n) is 5.75. The lowest BCUT2D eigenvalue weighted by Crippen LogP contribution is -2.07. The summed E-state index contributed by atoms with van der Waals surface area (Å²) in [7, 11) is -1.25. The maximum atomic E-state index is 12.7. The molecule has 0 aliphatic carbocycles. The molecule has 0 aromatic carbocycles. The van der Waals surface area contributed by atoms with Crippen molar-refractivity contribution in [3.05, 3.63) is 55.4 Å². The van der Waals surface area contributed by atoms with Gasteiger partial charge in [0.1, 0.15) is 0 Å². The maximum Gasteiger partial charge on any atom is 0.312 e. The Hall–Kier alpha value is -2.34. The van der Waals surface area contributed by atoms with Gasteiger partial charge < -0.3 is 14.2 Å². The minimum Gasteiger partial charge on any atom is -0.481 e. The Morgan fingerprint density at radius 1 is 1.42 bits per heavy atom. The van der Waals surface area contributed by atoms with Crippen LogP contribution in [0.4, 0.5) is 0 Å². The summed E-state index contributed by atoms with van der Waals surface area (Å²) in [5, 5.41) is 9.45. The van der Waals surface area contributed by atoms with Gasteiger partial charge in [-0.3, -0.25) is 9.00 Å². The maximum absolute atomic E-state index is 12.7. The molecule has 0 fully saturated rings. The first kappa shape index (κ1) is 16.5. The molecular formula is C18H20N2O3S. The molecule has 3 rings (SSSR count). The lowest BCUT2D eigenvalue weighted by molar-refractivity contribution is -0.138. The highest BCUT2D eigenvalue weighted by Gasteiger charge is 2.34. The van der Waals surface area contributed by atoms with Crippen LogP contribution < -0.4 is 0 Å². The van der Waals surface area contributed by atoms with Gasteiger partial charge in [-0.15, -0.1) is 13.2 Å². The quantitative estimate of drug-likeness (QED) is 0.785. The fraction of sp³-hybridized carbons (Fsp3) is 0.278. The van der Waals surface area contributed by atoms with Gasteiger partial charge in [-0.1, -0.05) is 12.2 Å². The number of hydrogen-bond acceptors (Lipinski definition) is 2. The molecule has 1 aliphatic rings. The van der Waals surface area contributed by atoms with Crippen molar-refractivity contribution in [1.82, 2.24) is 9.13 Å². The lowest BCUT2D eigenvalue weighted by atomic mass is 10.1. The van der Waals surface area contributed by atoms with Crippen molar-refractivity contribution < 1.29 is 14.1 Å². The summed E-state index contributed by atoms with van der Waals surface area (Å²) < 4.78 is 16.7. The van der Waals surface area contributed by atoms with Crippen LogP contribution in [-0.2, 0) is 28.7 Å². The summed E-state index contributed by atoms with van der Waals surface area (Å²) in [6, 6.07) is 5.70. The van der Waals surface area contributed by atoms with Crippen LogP contribution in [0.5, 0.6) is 0 Å². The van der Waals surface area contributed by atoms with Crippen LogP contribution >= 0.6 is 0 Å². The van der Waals surface area contributed by atoms with Crippen LogP contribution in [0.15, 0.2) is 54.6 Å². The first-order valence-electron chi connectivity index (χ1n) is 7.80. The Morgan fingerprint density at radius 2 is 2.21 bits per heavy atom. The molecule has 5 nitrogen and oxygen atoms in total. The van der Waals surface area contributed by atoms with Gasteiger partial charge in [-0.2, -0.15) is 0 Å². The van der Waals surface area contributed by atoms with E-state index in [1.165, 1.54) is 0 Å². The molecule has 3 heterocycles. The van der Waals surface area contributed by atoms with E-state index in [4.69, 9.17) is 0 Å². The van der Waals surface area contributed by atoms with Crippen LogP contribution in [0.25, 0.3) is 11.4 Å². The van der Waals surface area contributed by atoms with E-state index in [2.05, 4.69) is 13.2 Å². The summed E-state index contributed by atoms with van der Waals surface area (Å²) in [5.41, 5.74) is 2.51. The van der Waals surface area contributed by atoms with Crippen molar-refractivity contribution in [2.24, 2.45) is 0 Å². The zero-order valence-electron chi connectivity index (χ0n) is 13.4. The van der Waals surface area contributed by atoms with E-state index in [1.54, 1.807) is 18.2 Å². The van der Waals surface area contributed by atoms with Crippen LogP contribution in [-0.4, -0.2) is 30.2 Å². The van der Waals surface area contributed by atoms with Gasteiger partial charge in [0, 0.05) is 30.7 Å². The smallest absolute Gasteiger partial charge is 0.312 e. The number of carbonyl (C=O) groups is 1. The number of aromatic nitrogens is 2. The number of carboxylic acid groups (broad SMARTS) is 1. The van der Waals surface area contributed by atoms with Gasteiger partial charge in [0.2, 0.25) is 0 Å². The number of aliphatic carboxylic acids is 1. The number of fused-ring (bicyclic) bond motifs is 1. The summed E-state index contributed by atoms with van der Waals surface area (Å²) in [4.78, 5) is 12.2. The number of carboxylic acids is 1. The summed E-state index contributed by atoms with van der Waals surface area (Å²) in [5.74, 6) is -1.03. The molecule has 0 radical (unpaired) electrons. The van der Waals surface area contributed by atoms with Crippen molar-refractivity contribution in [3.8, 4) is 11.4 Å². The van der Waals surface area contributed by atoms with E-state index >= 15 is 0 Å². The summed E-state index contributed by atoms with van der Waals surface area (Å²) >= 11 is 0. The Labute approximate surface area is 143 Å². The van der Waals surface area contributed by atoms with Crippen LogP contribution in [0.2, 0.25) is 0 Å². The third-order valence-electron chi connectivity index (χ3n) is 4.30. The predicted molar refractivity (Wildman–Crippen MR) is 94.5 cm³/mol. The van der Waals surface area contributed by atoms with Gasteiger partial charge >= 0.3 is 5.97 Å². The SMILES string of the molecule is C=CCn1cccc1-c1c(S(=O)CC=C)cc2n1CCC2C(=O)O. The molecule has 0 spiro atoms. The Kier molecular flexibility index (Phi) is 4.57. The van der Waals surface area contributed by atoms with Gasteiger partial charge in [0.25, 0.3) is 0 Å². The average molecular weight is 344 g/mol. The first-order chi connectivity index (χ1) is 11.6. The monoisotopic (exact) mass is 344 g/mol. The van der Waals surface area contributed by atoms with Crippen LogP contribution in [0, 0.1) is 0 Å². The van der Waals surface area contributed by atoms with Gasteiger partial charge in [0.15, 0.2) is 0 Å². The van der Waals surface area contributed by atoms with Crippen LogP contribution in [0.3, 0.4) is 0 Å². The van der Waals surface area contributed by atoms with E-state index in [1.807, 2.05) is 27.5 Å². The minimum absolute atomic E-state index is 0.344. The predicted octanol–water partition coefficient (Wildman–Crippen LogP) is 3.01. The van der Waals surface area contributed by atoms with E-state index < -0.39 is 22.7 Å². The molecule has 1 aliphatic heterocycles. The van der Waals surface area contributed by atoms with Crippen molar-refractivity contribution in [1.29, 1.82) is 0 Å². The zero-order valence-corrected chi connectivity index (χ0v) is 14.2. The summed E-state index contributed by atoms with van der Waals surface area (Å²) in [6.45, 7) is 8.69. The Morgan fingerprint density at radius 3 is 2.88 bits per heavy atom. The van der Waals surface area contributed by atoms with Crippen molar-refractivity contribution in [3.63, 3.8) is 0 Å². The largest absolute Gasteiger partial charge is 0.481 e. The second-order valence-corrected chi connectivity index (χ2v) is 7.21. The van der Waals surface area contributed by atoms with Gasteiger partial charge in [0.05, 0.1) is 33.0 Å².